The molecule has 0 saturated carbocycles. The first-order valence-corrected chi connectivity index (χ1v) is 9.22. The summed E-state index contributed by atoms with van der Waals surface area (Å²) in [5, 5.41) is 0. The number of aromatic nitrogens is 4. The van der Waals surface area contributed by atoms with Crippen molar-refractivity contribution in [3.05, 3.63) is 75.3 Å². The Morgan fingerprint density at radius 1 is 0.966 bits per heavy atom. The van der Waals surface area contributed by atoms with Gasteiger partial charge in [0.1, 0.15) is 5.52 Å². The molecule has 146 valence electrons. The van der Waals surface area contributed by atoms with Crippen LogP contribution in [0.4, 0.5) is 0 Å². The molecule has 4 rings (SSSR count). The highest BCUT2D eigenvalue weighted by Gasteiger charge is 2.22. The first kappa shape index (κ1) is 18.6. The molecule has 29 heavy (non-hydrogen) atoms. The maximum atomic E-state index is 13.1. The lowest BCUT2D eigenvalue weighted by Crippen LogP contribution is -2.21. The molecule has 2 aromatic carbocycles. The number of amides is 1. The summed E-state index contributed by atoms with van der Waals surface area (Å²) in [6.45, 7) is 5.97. The standard InChI is InChI=1S/C22H21N5O2/c1-12-5-8-15(9-6-12)20-24-17(19(23)28)18-21(25-20)27(22(29)26(18)4)16-10-7-13(2)14(3)11-16/h5-11H,1-4H3,(H2,23,28). The Hall–Kier alpha value is -3.74. The van der Waals surface area contributed by atoms with Crippen LogP contribution in [0, 0.1) is 20.8 Å². The van der Waals surface area contributed by atoms with Crippen molar-refractivity contribution in [3.8, 4) is 17.1 Å². The number of rotatable bonds is 3. The molecular formula is C22H21N5O2. The van der Waals surface area contributed by atoms with Crippen LogP contribution in [0.2, 0.25) is 0 Å². The average molecular weight is 387 g/mol. The third-order valence-corrected chi connectivity index (χ3v) is 5.18. The first-order chi connectivity index (χ1) is 13.8. The number of aryl methyl sites for hydroxylation is 4. The van der Waals surface area contributed by atoms with Crippen LogP contribution >= 0.6 is 0 Å². The van der Waals surface area contributed by atoms with Gasteiger partial charge in [-0.2, -0.15) is 0 Å². The Kier molecular flexibility index (Phi) is 4.30. The van der Waals surface area contributed by atoms with Crippen molar-refractivity contribution < 1.29 is 4.79 Å². The van der Waals surface area contributed by atoms with Crippen LogP contribution in [0.5, 0.6) is 0 Å². The highest BCUT2D eigenvalue weighted by Crippen LogP contribution is 2.24. The van der Waals surface area contributed by atoms with E-state index in [0.29, 0.717) is 22.7 Å². The molecular weight excluding hydrogens is 366 g/mol. The number of carbonyl (C=O) groups is 1. The number of imidazole rings is 1. The van der Waals surface area contributed by atoms with Crippen LogP contribution in [-0.4, -0.2) is 25.0 Å². The molecule has 0 spiro atoms. The van der Waals surface area contributed by atoms with Crippen molar-refractivity contribution in [2.75, 3.05) is 0 Å². The van der Waals surface area contributed by atoms with Gasteiger partial charge >= 0.3 is 5.69 Å². The largest absolute Gasteiger partial charge is 0.364 e. The lowest BCUT2D eigenvalue weighted by Gasteiger charge is -2.08. The van der Waals surface area contributed by atoms with Gasteiger partial charge < -0.3 is 5.73 Å². The van der Waals surface area contributed by atoms with E-state index in [0.717, 1.165) is 22.3 Å². The molecule has 1 amide bonds. The molecule has 2 aromatic heterocycles. The van der Waals surface area contributed by atoms with Crippen molar-refractivity contribution in [2.24, 2.45) is 12.8 Å². The number of hydrogen-bond donors (Lipinski definition) is 1. The zero-order chi connectivity index (χ0) is 20.9. The van der Waals surface area contributed by atoms with Crippen LogP contribution in [0.25, 0.3) is 28.2 Å². The number of hydrogen-bond acceptors (Lipinski definition) is 4. The van der Waals surface area contributed by atoms with E-state index in [1.165, 1.54) is 9.13 Å². The van der Waals surface area contributed by atoms with Gasteiger partial charge in [-0.3, -0.25) is 9.36 Å². The first-order valence-electron chi connectivity index (χ1n) is 9.22. The second-order valence-corrected chi connectivity index (χ2v) is 7.24. The van der Waals surface area contributed by atoms with Gasteiger partial charge in [-0.1, -0.05) is 35.9 Å². The highest BCUT2D eigenvalue weighted by molar-refractivity contribution is 6.02. The molecule has 0 unspecified atom stereocenters. The molecule has 7 nitrogen and oxygen atoms in total. The zero-order valence-corrected chi connectivity index (χ0v) is 16.7. The number of nitrogens with zero attached hydrogens (tertiary/aromatic N) is 4. The van der Waals surface area contributed by atoms with Crippen LogP contribution in [0.15, 0.2) is 47.3 Å². The number of fused-ring (bicyclic) bond motifs is 1. The molecule has 2 heterocycles. The van der Waals surface area contributed by atoms with Gasteiger partial charge in [0.15, 0.2) is 17.2 Å². The fourth-order valence-corrected chi connectivity index (χ4v) is 3.34. The summed E-state index contributed by atoms with van der Waals surface area (Å²) in [7, 11) is 1.59. The average Bonchev–Trinajstić information content (AvgIpc) is 2.94. The van der Waals surface area contributed by atoms with Gasteiger partial charge in [-0.05, 0) is 44.0 Å². The maximum absolute atomic E-state index is 13.1. The molecule has 4 aromatic rings. The van der Waals surface area contributed by atoms with Crippen molar-refractivity contribution in [3.63, 3.8) is 0 Å². The van der Waals surface area contributed by atoms with E-state index < -0.39 is 5.91 Å². The van der Waals surface area contributed by atoms with Crippen molar-refractivity contribution >= 4 is 17.1 Å². The molecule has 7 heteroatoms. The minimum atomic E-state index is -0.710. The van der Waals surface area contributed by atoms with Gasteiger partial charge in [-0.25, -0.2) is 19.3 Å². The van der Waals surface area contributed by atoms with E-state index in [1.807, 2.05) is 63.2 Å². The molecule has 0 fully saturated rings. The van der Waals surface area contributed by atoms with Gasteiger partial charge in [0.2, 0.25) is 0 Å². The molecule has 2 N–H and O–H groups in total. The Morgan fingerprint density at radius 3 is 2.28 bits per heavy atom. The lowest BCUT2D eigenvalue weighted by atomic mass is 10.1. The molecule has 0 atom stereocenters. The van der Waals surface area contributed by atoms with Gasteiger partial charge in [-0.15, -0.1) is 0 Å². The SMILES string of the molecule is Cc1ccc(-c2nc(C(N)=O)c3c(n2)n(-c2ccc(C)c(C)c2)c(=O)n3C)cc1. The Balaban J connectivity index is 2.10. The molecule has 0 saturated heterocycles. The summed E-state index contributed by atoms with van der Waals surface area (Å²) in [6.07, 6.45) is 0. The van der Waals surface area contributed by atoms with Gasteiger partial charge in [0, 0.05) is 12.6 Å². The zero-order valence-electron chi connectivity index (χ0n) is 16.7. The number of benzene rings is 2. The van der Waals surface area contributed by atoms with E-state index >= 15 is 0 Å². The second kappa shape index (κ2) is 6.70. The minimum absolute atomic E-state index is 0.0211. The summed E-state index contributed by atoms with van der Waals surface area (Å²) in [5.74, 6) is -0.368. The van der Waals surface area contributed by atoms with Crippen LogP contribution < -0.4 is 11.4 Å². The summed E-state index contributed by atoms with van der Waals surface area (Å²) in [6, 6.07) is 13.4. The monoisotopic (exact) mass is 387 g/mol. The highest BCUT2D eigenvalue weighted by atomic mass is 16.2. The second-order valence-electron chi connectivity index (χ2n) is 7.24. The van der Waals surface area contributed by atoms with Crippen molar-refractivity contribution in [1.29, 1.82) is 0 Å². The van der Waals surface area contributed by atoms with E-state index in [2.05, 4.69) is 9.97 Å². The van der Waals surface area contributed by atoms with Gasteiger partial charge in [0.05, 0.1) is 5.69 Å². The summed E-state index contributed by atoms with van der Waals surface area (Å²) in [4.78, 5) is 34.3. The normalized spacial score (nSPS) is 11.2. The van der Waals surface area contributed by atoms with E-state index in [-0.39, 0.29) is 11.4 Å². The van der Waals surface area contributed by atoms with Gasteiger partial charge in [0.25, 0.3) is 5.91 Å². The fraction of sp³-hybridized carbons (Fsp3) is 0.182. The third kappa shape index (κ3) is 3.00. The quantitative estimate of drug-likeness (QED) is 0.585. The number of carbonyl (C=O) groups excluding carboxylic acids is 1. The molecule has 0 aliphatic carbocycles. The smallest absolute Gasteiger partial charge is 0.334 e. The topological polar surface area (TPSA) is 95.8 Å². The summed E-state index contributed by atoms with van der Waals surface area (Å²) in [5.41, 5.74) is 10.7. The van der Waals surface area contributed by atoms with Crippen molar-refractivity contribution in [1.82, 2.24) is 19.1 Å². The van der Waals surface area contributed by atoms with E-state index in [9.17, 15) is 9.59 Å². The third-order valence-electron chi connectivity index (χ3n) is 5.18. The van der Waals surface area contributed by atoms with Crippen LogP contribution in [0.3, 0.4) is 0 Å². The molecule has 0 radical (unpaired) electrons. The van der Waals surface area contributed by atoms with Crippen molar-refractivity contribution in [2.45, 2.75) is 20.8 Å². The van der Waals surface area contributed by atoms with E-state index in [4.69, 9.17) is 5.73 Å². The Bertz CT molecular complexity index is 1330. The molecule has 0 bridgehead atoms. The summed E-state index contributed by atoms with van der Waals surface area (Å²) >= 11 is 0. The summed E-state index contributed by atoms with van der Waals surface area (Å²) < 4.78 is 2.86. The minimum Gasteiger partial charge on any atom is -0.364 e. The predicted molar refractivity (Wildman–Crippen MR) is 112 cm³/mol. The van der Waals surface area contributed by atoms with Crippen LogP contribution in [0.1, 0.15) is 27.2 Å². The lowest BCUT2D eigenvalue weighted by molar-refractivity contribution is 0.0997. The molecule has 0 aliphatic rings. The fourth-order valence-electron chi connectivity index (χ4n) is 3.34. The molecule has 0 aliphatic heterocycles. The number of primary amides is 1. The maximum Gasteiger partial charge on any atom is 0.334 e. The Labute approximate surface area is 167 Å². The Morgan fingerprint density at radius 2 is 1.66 bits per heavy atom. The van der Waals surface area contributed by atoms with E-state index in [1.54, 1.807) is 7.05 Å². The predicted octanol–water partition coefficient (Wildman–Crippen LogP) is 2.81. The van der Waals surface area contributed by atoms with Crippen LogP contribution in [-0.2, 0) is 7.05 Å². The number of nitrogens with two attached hydrogens (primary N) is 1.